The summed E-state index contributed by atoms with van der Waals surface area (Å²) in [5, 5.41) is 2.75. The maximum atomic E-state index is 4.56. The van der Waals surface area contributed by atoms with E-state index in [2.05, 4.69) is 26.4 Å². The molecule has 2 N–H and O–H groups in total. The molecule has 1 aromatic rings. The summed E-state index contributed by atoms with van der Waals surface area (Å²) in [6.07, 6.45) is 4.79. The zero-order valence-electron chi connectivity index (χ0n) is 17.9. The maximum Gasteiger partial charge on any atom is 0.138 e. The van der Waals surface area contributed by atoms with Crippen LogP contribution in [0.4, 0.5) is 0 Å². The number of H-pyrrole nitrogens is 1. The minimum atomic E-state index is -0.0173. The number of rotatable bonds is 4. The van der Waals surface area contributed by atoms with Crippen molar-refractivity contribution < 1.29 is 1.43 Å². The first kappa shape index (κ1) is 27.2. The molecule has 0 saturated heterocycles. The Morgan fingerprint density at radius 2 is 1.67 bits per heavy atom. The first-order valence-electron chi connectivity index (χ1n) is 8.85. The normalized spacial score (nSPS) is 11.8. The third kappa shape index (κ3) is 16.7. The van der Waals surface area contributed by atoms with Gasteiger partial charge in [-0.1, -0.05) is 27.7 Å². The average molecular weight is 342 g/mol. The molecule has 0 fully saturated rings. The van der Waals surface area contributed by atoms with Crippen molar-refractivity contribution in [3.8, 4) is 0 Å². The van der Waals surface area contributed by atoms with E-state index in [0.29, 0.717) is 0 Å². The lowest BCUT2D eigenvalue weighted by atomic mass is 10.2. The molecule has 1 atom stereocenters. The van der Waals surface area contributed by atoms with Gasteiger partial charge in [-0.15, -0.1) is 0 Å². The molecular weight excluding hydrogens is 298 g/mol. The van der Waals surface area contributed by atoms with Crippen molar-refractivity contribution in [2.75, 3.05) is 28.2 Å². The number of aromatic amines is 1. The fraction of sp³-hybridized carbons (Fsp3) is 0.684. The van der Waals surface area contributed by atoms with Crippen LogP contribution in [0.1, 0.15) is 55.5 Å². The summed E-state index contributed by atoms with van der Waals surface area (Å²) in [7, 11) is 7.73. The van der Waals surface area contributed by atoms with Crippen LogP contribution in [0.2, 0.25) is 0 Å². The highest BCUT2D eigenvalue weighted by molar-refractivity contribution is 5.84. The number of hydrogen-bond acceptors (Lipinski definition) is 3. The van der Waals surface area contributed by atoms with E-state index in [-0.39, 0.29) is 7.59 Å². The van der Waals surface area contributed by atoms with E-state index in [0.717, 1.165) is 18.0 Å². The molecule has 1 aromatic heterocycles. The van der Waals surface area contributed by atoms with Crippen molar-refractivity contribution in [3.63, 3.8) is 0 Å². The van der Waals surface area contributed by atoms with Gasteiger partial charge in [-0.3, -0.25) is 4.99 Å². The van der Waals surface area contributed by atoms with Crippen molar-refractivity contribution in [2.24, 2.45) is 9.98 Å². The molecule has 24 heavy (non-hydrogen) atoms. The molecule has 0 aromatic carbocycles. The van der Waals surface area contributed by atoms with Gasteiger partial charge in [-0.25, -0.2) is 4.99 Å². The van der Waals surface area contributed by atoms with Crippen molar-refractivity contribution in [3.05, 3.63) is 24.0 Å². The summed E-state index contributed by atoms with van der Waals surface area (Å²) in [5.41, 5.74) is 2.36. The molecule has 1 rings (SSSR count). The topological polar surface area (TPSA) is 55.8 Å². The van der Waals surface area contributed by atoms with Gasteiger partial charge in [0.2, 0.25) is 0 Å². The second-order valence-electron chi connectivity index (χ2n) is 4.96. The Morgan fingerprint density at radius 3 is 2.04 bits per heavy atom. The summed E-state index contributed by atoms with van der Waals surface area (Å²) in [4.78, 5) is 14.1. The van der Waals surface area contributed by atoms with Crippen molar-refractivity contribution in [2.45, 2.75) is 61.1 Å². The van der Waals surface area contributed by atoms with Crippen molar-refractivity contribution >= 4 is 11.5 Å². The van der Waals surface area contributed by atoms with Crippen molar-refractivity contribution in [1.29, 1.82) is 0 Å². The lowest BCUT2D eigenvalue weighted by molar-refractivity contribution is 0.604. The highest BCUT2D eigenvalue weighted by Crippen LogP contribution is 2.02. The van der Waals surface area contributed by atoms with Gasteiger partial charge in [0.25, 0.3) is 0 Å². The van der Waals surface area contributed by atoms with Crippen LogP contribution in [0.15, 0.2) is 28.4 Å². The van der Waals surface area contributed by atoms with Gasteiger partial charge in [0.05, 0.1) is 5.84 Å². The van der Waals surface area contributed by atoms with E-state index in [1.165, 1.54) is 5.56 Å². The van der Waals surface area contributed by atoms with Crippen LogP contribution in [0, 0.1) is 0 Å². The molecule has 0 aliphatic carbocycles. The van der Waals surface area contributed by atoms with Crippen molar-refractivity contribution in [1.82, 2.24) is 15.2 Å². The van der Waals surface area contributed by atoms with Gasteiger partial charge >= 0.3 is 0 Å². The number of amidine groups is 1. The molecule has 0 bridgehead atoms. The SMILES string of the molecule is C/C(Cc1cc[nH]c1)=N\C(C)/N=C(\C)N(C)C.CC.CC.CNC.[HH]. The first-order valence-corrected chi connectivity index (χ1v) is 8.85. The average Bonchev–Trinajstić information content (AvgIpc) is 3.04. The molecule has 0 amide bonds. The predicted octanol–water partition coefficient (Wildman–Crippen LogP) is 4.48. The van der Waals surface area contributed by atoms with Crippen LogP contribution >= 0.6 is 0 Å². The standard InChI is InChI=1S/C13H22N4.C2H7N.2C2H6.H2/c1-10(8-13-6-7-14-9-13)15-11(2)16-12(3)17(4)5;1-3-2;2*1-2;/h6-7,9,11,14H,8H2,1-5H3;3H,1-2H3;2*1-2H3;1H/b15-10+,16-12+;;;;. The smallest absolute Gasteiger partial charge is 0.138 e. The van der Waals surface area contributed by atoms with Crippen LogP contribution in [-0.2, 0) is 6.42 Å². The first-order chi connectivity index (χ1) is 11.4. The molecule has 0 spiro atoms. The fourth-order valence-corrected chi connectivity index (χ4v) is 1.54. The predicted molar refractivity (Wildman–Crippen MR) is 114 cm³/mol. The molecule has 144 valence electrons. The van der Waals surface area contributed by atoms with Gasteiger partial charge in [0.15, 0.2) is 0 Å². The Kier molecular flexibility index (Phi) is 22.0. The van der Waals surface area contributed by atoms with E-state index in [1.54, 1.807) is 0 Å². The highest BCUT2D eigenvalue weighted by atomic mass is 15.2. The Bertz CT molecular complexity index is 411. The van der Waals surface area contributed by atoms with Crippen LogP contribution < -0.4 is 5.32 Å². The summed E-state index contributed by atoms with van der Waals surface area (Å²) >= 11 is 0. The second-order valence-corrected chi connectivity index (χ2v) is 4.96. The Balaban J connectivity index is -0.000000242. The molecular formula is C19H43N5. The molecule has 0 saturated carbocycles. The van der Waals surface area contributed by atoms with Gasteiger partial charge < -0.3 is 15.2 Å². The molecule has 1 unspecified atom stereocenters. The van der Waals surface area contributed by atoms with Gasteiger partial charge in [-0.2, -0.15) is 0 Å². The molecule has 5 heteroatoms. The Labute approximate surface area is 152 Å². The van der Waals surface area contributed by atoms with E-state index >= 15 is 0 Å². The summed E-state index contributed by atoms with van der Waals surface area (Å²) in [5.74, 6) is 0.996. The fourth-order valence-electron chi connectivity index (χ4n) is 1.54. The van der Waals surface area contributed by atoms with Gasteiger partial charge in [-0.05, 0) is 46.5 Å². The lowest BCUT2D eigenvalue weighted by Gasteiger charge is -2.13. The van der Waals surface area contributed by atoms with Crippen LogP contribution in [0.3, 0.4) is 0 Å². The third-order valence-corrected chi connectivity index (χ3v) is 2.55. The van der Waals surface area contributed by atoms with E-state index in [4.69, 9.17) is 0 Å². The van der Waals surface area contributed by atoms with Gasteiger partial charge in [0, 0.05) is 40.0 Å². The Morgan fingerprint density at radius 1 is 1.17 bits per heavy atom. The zero-order chi connectivity index (χ0) is 19.5. The number of aliphatic imine (C=N–C) groups is 2. The number of hydrogen-bond donors (Lipinski definition) is 2. The quantitative estimate of drug-likeness (QED) is 0.627. The summed E-state index contributed by atoms with van der Waals surface area (Å²) in [6, 6.07) is 2.07. The van der Waals surface area contributed by atoms with Crippen LogP contribution in [-0.4, -0.2) is 55.8 Å². The Hall–Kier alpha value is -1.62. The van der Waals surface area contributed by atoms with Crippen LogP contribution in [0.5, 0.6) is 0 Å². The molecule has 0 aliphatic heterocycles. The molecule has 1 heterocycles. The third-order valence-electron chi connectivity index (χ3n) is 2.55. The minimum Gasteiger partial charge on any atom is -0.367 e. The van der Waals surface area contributed by atoms with E-state index in [1.807, 2.05) is 94.0 Å². The lowest BCUT2D eigenvalue weighted by Crippen LogP contribution is -2.20. The minimum absolute atomic E-state index is 0. The van der Waals surface area contributed by atoms with Gasteiger partial charge in [0.1, 0.15) is 6.17 Å². The molecule has 0 radical (unpaired) electrons. The second kappa shape index (κ2) is 19.4. The maximum absolute atomic E-state index is 4.56. The number of nitrogens with one attached hydrogen (secondary N) is 2. The number of aromatic nitrogens is 1. The van der Waals surface area contributed by atoms with E-state index in [9.17, 15) is 0 Å². The monoisotopic (exact) mass is 341 g/mol. The molecule has 5 nitrogen and oxygen atoms in total. The summed E-state index contributed by atoms with van der Waals surface area (Å²) in [6.45, 7) is 14.0. The summed E-state index contributed by atoms with van der Waals surface area (Å²) < 4.78 is 0. The highest BCUT2D eigenvalue weighted by Gasteiger charge is 2.01. The largest absolute Gasteiger partial charge is 0.367 e. The zero-order valence-corrected chi connectivity index (χ0v) is 17.9. The number of nitrogens with zero attached hydrogens (tertiary/aromatic N) is 3. The van der Waals surface area contributed by atoms with Crippen LogP contribution in [0.25, 0.3) is 0 Å². The molecule has 0 aliphatic rings. The van der Waals surface area contributed by atoms with E-state index < -0.39 is 0 Å².